The largest absolute Gasteiger partial charge is 0.480 e. The fourth-order valence-electron chi connectivity index (χ4n) is 2.14. The third kappa shape index (κ3) is 3.61. The van der Waals surface area contributed by atoms with Crippen LogP contribution in [-0.4, -0.2) is 40.6 Å². The maximum Gasteiger partial charge on any atom is 0.326 e. The van der Waals surface area contributed by atoms with E-state index < -0.39 is 12.0 Å². The van der Waals surface area contributed by atoms with Crippen molar-refractivity contribution in [1.82, 2.24) is 10.2 Å². The summed E-state index contributed by atoms with van der Waals surface area (Å²) in [5, 5.41) is 11.5. The van der Waals surface area contributed by atoms with Crippen LogP contribution in [0.4, 0.5) is 4.79 Å². The molecule has 0 spiro atoms. The number of nitrogens with zero attached hydrogens (tertiary/aromatic N) is 1. The first-order valence-corrected chi connectivity index (χ1v) is 6.25. The molecule has 98 valence electrons. The Morgan fingerprint density at radius 1 is 1.41 bits per heavy atom. The van der Waals surface area contributed by atoms with E-state index in [9.17, 15) is 9.59 Å². The fourth-order valence-corrected chi connectivity index (χ4v) is 2.14. The summed E-state index contributed by atoms with van der Waals surface area (Å²) in [6, 6.07) is -0.845. The van der Waals surface area contributed by atoms with Crippen LogP contribution in [-0.2, 0) is 4.79 Å². The van der Waals surface area contributed by atoms with Crippen molar-refractivity contribution in [3.63, 3.8) is 0 Å². The van der Waals surface area contributed by atoms with Crippen molar-refractivity contribution in [2.75, 3.05) is 6.54 Å². The Morgan fingerprint density at radius 3 is 2.59 bits per heavy atom. The van der Waals surface area contributed by atoms with Gasteiger partial charge in [-0.1, -0.05) is 13.8 Å². The van der Waals surface area contributed by atoms with Crippen molar-refractivity contribution in [1.29, 1.82) is 0 Å². The summed E-state index contributed by atoms with van der Waals surface area (Å²) in [5.41, 5.74) is 0. The van der Waals surface area contributed by atoms with Gasteiger partial charge in [-0.15, -0.1) is 0 Å². The second-order valence-corrected chi connectivity index (χ2v) is 4.93. The fraction of sp³-hybridized carbons (Fsp3) is 0.833. The standard InChI is InChI=1S/C12H22N2O3/c1-4-10(11(15)16)13-12(17)14-7-8(2)5-6-9(14)3/h8-10H,4-7H2,1-3H3,(H,13,17)(H,15,16). The number of rotatable bonds is 3. The quantitative estimate of drug-likeness (QED) is 0.791. The lowest BCUT2D eigenvalue weighted by molar-refractivity contribution is -0.139. The SMILES string of the molecule is CCC(NC(=O)N1CC(C)CCC1C)C(=O)O. The average Bonchev–Trinajstić information content (AvgIpc) is 2.28. The minimum atomic E-state index is -0.974. The molecule has 1 aliphatic heterocycles. The molecule has 0 aliphatic carbocycles. The van der Waals surface area contributed by atoms with Gasteiger partial charge in [0.15, 0.2) is 0 Å². The number of urea groups is 1. The van der Waals surface area contributed by atoms with Crippen LogP contribution in [0, 0.1) is 5.92 Å². The molecule has 0 radical (unpaired) electrons. The first-order valence-electron chi connectivity index (χ1n) is 6.25. The number of carbonyl (C=O) groups is 2. The number of likely N-dealkylation sites (tertiary alicyclic amines) is 1. The summed E-state index contributed by atoms with van der Waals surface area (Å²) >= 11 is 0. The van der Waals surface area contributed by atoms with E-state index in [-0.39, 0.29) is 12.1 Å². The molecule has 0 aromatic carbocycles. The van der Waals surface area contributed by atoms with Crippen LogP contribution in [0.3, 0.4) is 0 Å². The van der Waals surface area contributed by atoms with E-state index in [1.165, 1.54) is 0 Å². The molecule has 2 N–H and O–H groups in total. The molecule has 5 heteroatoms. The highest BCUT2D eigenvalue weighted by atomic mass is 16.4. The maximum atomic E-state index is 12.0. The predicted octanol–water partition coefficient (Wildman–Crippen LogP) is 1.68. The van der Waals surface area contributed by atoms with E-state index in [0.29, 0.717) is 18.9 Å². The molecule has 0 saturated carbocycles. The van der Waals surface area contributed by atoms with Crippen LogP contribution in [0.5, 0.6) is 0 Å². The van der Waals surface area contributed by atoms with Crippen molar-refractivity contribution in [2.45, 2.75) is 52.1 Å². The van der Waals surface area contributed by atoms with Crippen LogP contribution >= 0.6 is 0 Å². The lowest BCUT2D eigenvalue weighted by Crippen LogP contribution is -2.53. The van der Waals surface area contributed by atoms with Crippen molar-refractivity contribution < 1.29 is 14.7 Å². The highest BCUT2D eigenvalue weighted by Crippen LogP contribution is 2.21. The minimum absolute atomic E-state index is 0.192. The van der Waals surface area contributed by atoms with E-state index in [4.69, 9.17) is 5.11 Å². The number of carboxylic acid groups (broad SMARTS) is 1. The molecule has 0 aromatic heterocycles. The van der Waals surface area contributed by atoms with E-state index >= 15 is 0 Å². The highest BCUT2D eigenvalue weighted by Gasteiger charge is 2.29. The number of aliphatic carboxylic acids is 1. The van der Waals surface area contributed by atoms with Crippen molar-refractivity contribution in [3.8, 4) is 0 Å². The van der Waals surface area contributed by atoms with Crippen molar-refractivity contribution in [2.24, 2.45) is 5.92 Å². The summed E-state index contributed by atoms with van der Waals surface area (Å²) in [6.07, 6.45) is 2.51. The van der Waals surface area contributed by atoms with E-state index in [1.54, 1.807) is 11.8 Å². The Kier molecular flexibility index (Phi) is 4.78. The van der Waals surface area contributed by atoms with Gasteiger partial charge in [0.25, 0.3) is 0 Å². The van der Waals surface area contributed by atoms with E-state index in [0.717, 1.165) is 12.8 Å². The molecule has 0 aromatic rings. The first-order chi connectivity index (χ1) is 7.95. The van der Waals surface area contributed by atoms with Gasteiger partial charge in [-0.3, -0.25) is 0 Å². The molecule has 1 aliphatic rings. The van der Waals surface area contributed by atoms with Gasteiger partial charge in [-0.25, -0.2) is 9.59 Å². The van der Waals surface area contributed by atoms with E-state index in [1.807, 2.05) is 6.92 Å². The van der Waals surface area contributed by atoms with Gasteiger partial charge < -0.3 is 15.3 Å². The summed E-state index contributed by atoms with van der Waals surface area (Å²) in [4.78, 5) is 24.6. The number of hydrogen-bond donors (Lipinski definition) is 2. The predicted molar refractivity (Wildman–Crippen MR) is 64.8 cm³/mol. The molecule has 1 rings (SSSR count). The summed E-state index contributed by atoms with van der Waals surface area (Å²) in [7, 11) is 0. The first kappa shape index (κ1) is 13.8. The molecule has 1 fully saturated rings. The number of carbonyl (C=O) groups excluding carboxylic acids is 1. The molecule has 0 bridgehead atoms. The Balaban J connectivity index is 2.59. The summed E-state index contributed by atoms with van der Waals surface area (Å²) in [5.74, 6) is -0.486. The van der Waals surface area contributed by atoms with Crippen LogP contribution in [0.15, 0.2) is 0 Å². The minimum Gasteiger partial charge on any atom is -0.480 e. The Hall–Kier alpha value is -1.26. The second kappa shape index (κ2) is 5.89. The molecule has 3 atom stereocenters. The number of nitrogens with one attached hydrogen (secondary N) is 1. The maximum absolute atomic E-state index is 12.0. The van der Waals surface area contributed by atoms with Gasteiger partial charge in [-0.2, -0.15) is 0 Å². The van der Waals surface area contributed by atoms with Crippen molar-refractivity contribution >= 4 is 12.0 Å². The van der Waals surface area contributed by atoms with Gasteiger partial charge in [0.05, 0.1) is 0 Å². The molecule has 1 saturated heterocycles. The Bertz CT molecular complexity index is 293. The van der Waals surface area contributed by atoms with Gasteiger partial charge in [0, 0.05) is 12.6 Å². The Labute approximate surface area is 102 Å². The number of hydrogen-bond acceptors (Lipinski definition) is 2. The lowest BCUT2D eigenvalue weighted by Gasteiger charge is -2.37. The number of carboxylic acids is 1. The molecule has 3 unspecified atom stereocenters. The molecular formula is C12H22N2O3. The van der Waals surface area contributed by atoms with Crippen LogP contribution < -0.4 is 5.32 Å². The van der Waals surface area contributed by atoms with Crippen LogP contribution in [0.25, 0.3) is 0 Å². The molecule has 2 amide bonds. The van der Waals surface area contributed by atoms with Crippen LogP contribution in [0.2, 0.25) is 0 Å². The monoisotopic (exact) mass is 242 g/mol. The number of amides is 2. The zero-order valence-electron chi connectivity index (χ0n) is 10.8. The molecular weight excluding hydrogens is 220 g/mol. The van der Waals surface area contributed by atoms with Gasteiger partial charge in [-0.05, 0) is 32.1 Å². The van der Waals surface area contributed by atoms with Gasteiger partial charge >= 0.3 is 12.0 Å². The average molecular weight is 242 g/mol. The summed E-state index contributed by atoms with van der Waals surface area (Å²) in [6.45, 7) is 6.58. The van der Waals surface area contributed by atoms with E-state index in [2.05, 4.69) is 12.2 Å². The Morgan fingerprint density at radius 2 is 2.06 bits per heavy atom. The van der Waals surface area contributed by atoms with Crippen molar-refractivity contribution in [3.05, 3.63) is 0 Å². The second-order valence-electron chi connectivity index (χ2n) is 4.93. The van der Waals surface area contributed by atoms with Gasteiger partial charge in [0.2, 0.25) is 0 Å². The highest BCUT2D eigenvalue weighted by molar-refractivity contribution is 5.82. The number of piperidine rings is 1. The smallest absolute Gasteiger partial charge is 0.326 e. The molecule has 17 heavy (non-hydrogen) atoms. The molecule has 1 heterocycles. The summed E-state index contributed by atoms with van der Waals surface area (Å²) < 4.78 is 0. The lowest BCUT2D eigenvalue weighted by atomic mass is 9.95. The van der Waals surface area contributed by atoms with Gasteiger partial charge in [0.1, 0.15) is 6.04 Å². The third-order valence-electron chi connectivity index (χ3n) is 3.38. The normalized spacial score (nSPS) is 26.4. The molecule has 5 nitrogen and oxygen atoms in total. The third-order valence-corrected chi connectivity index (χ3v) is 3.38. The zero-order chi connectivity index (χ0) is 13.0. The topological polar surface area (TPSA) is 69.6 Å². The van der Waals surface area contributed by atoms with Crippen LogP contribution in [0.1, 0.15) is 40.0 Å². The zero-order valence-corrected chi connectivity index (χ0v) is 10.8.